The Morgan fingerprint density at radius 3 is 1.36 bits per heavy atom. The van der Waals surface area contributed by atoms with Crippen molar-refractivity contribution < 1.29 is 0 Å². The van der Waals surface area contributed by atoms with Crippen molar-refractivity contribution in [1.29, 1.82) is 0 Å². The summed E-state index contributed by atoms with van der Waals surface area (Å²) in [6.45, 7) is 8.86. The van der Waals surface area contributed by atoms with Crippen LogP contribution in [0.4, 0.5) is 0 Å². The fourth-order valence-electron chi connectivity index (χ4n) is 0.740. The van der Waals surface area contributed by atoms with E-state index in [1.165, 1.54) is 0 Å². The molecule has 1 rings (SSSR count). The second-order valence-corrected chi connectivity index (χ2v) is 3.56. The van der Waals surface area contributed by atoms with Gasteiger partial charge in [-0.1, -0.05) is 48.6 Å². The summed E-state index contributed by atoms with van der Waals surface area (Å²) < 4.78 is 1.94. The maximum atomic E-state index is 3.58. The lowest BCUT2D eigenvalue weighted by molar-refractivity contribution is 0.601. The maximum Gasteiger partial charge on any atom is 0.0274 e. The summed E-state index contributed by atoms with van der Waals surface area (Å²) in [5, 5.41) is 0. The van der Waals surface area contributed by atoms with Gasteiger partial charge in [-0.25, -0.2) is 3.93 Å². The molecule has 76 valence electrons. The van der Waals surface area contributed by atoms with Gasteiger partial charge in [-0.2, -0.15) is 0 Å². The molecule has 0 atom stereocenters. The Labute approximate surface area is 95.1 Å². The first-order chi connectivity index (χ1) is 6.81. The highest BCUT2D eigenvalue weighted by Crippen LogP contribution is 1.95. The zero-order chi connectivity index (χ0) is 10.6. The number of rotatable bonds is 4. The Morgan fingerprint density at radius 2 is 1.14 bits per heavy atom. The van der Waals surface area contributed by atoms with Gasteiger partial charge >= 0.3 is 0 Å². The van der Waals surface area contributed by atoms with Crippen molar-refractivity contribution in [3.8, 4) is 0 Å². The highest BCUT2D eigenvalue weighted by molar-refractivity contribution is 9.07. The first-order valence-electron chi connectivity index (χ1n) is 4.43. The van der Waals surface area contributed by atoms with Gasteiger partial charge in [0.1, 0.15) is 0 Å². The molecule has 1 aromatic carbocycles. The summed E-state index contributed by atoms with van der Waals surface area (Å²) in [4.78, 5) is 0. The van der Waals surface area contributed by atoms with Crippen LogP contribution in [-0.2, 0) is 0 Å². The largest absolute Gasteiger partial charge is 0.235 e. The lowest BCUT2D eigenvalue weighted by atomic mass is 10.4. The Balaban J connectivity index is 0.000000249. The Hall–Kier alpha value is -0.860. The lowest BCUT2D eigenvalue weighted by Gasteiger charge is -2.05. The Kier molecular flexibility index (Phi) is 9.59. The van der Waals surface area contributed by atoms with Crippen molar-refractivity contribution in [2.24, 2.45) is 0 Å². The molecule has 0 saturated heterocycles. The third kappa shape index (κ3) is 9.23. The van der Waals surface area contributed by atoms with Crippen LogP contribution < -0.4 is 0 Å². The lowest BCUT2D eigenvalue weighted by Crippen LogP contribution is -2.09. The number of hydrogen-bond donors (Lipinski definition) is 0. The van der Waals surface area contributed by atoms with Crippen LogP contribution >= 0.6 is 16.1 Å². The van der Waals surface area contributed by atoms with Crippen molar-refractivity contribution in [2.75, 3.05) is 13.1 Å². The number of benzene rings is 1. The minimum atomic E-state index is 0.853. The van der Waals surface area contributed by atoms with Crippen LogP contribution in [0.15, 0.2) is 61.7 Å². The number of halogens is 1. The van der Waals surface area contributed by atoms with E-state index in [4.69, 9.17) is 0 Å². The van der Waals surface area contributed by atoms with Gasteiger partial charge in [-0.05, 0) is 0 Å². The van der Waals surface area contributed by atoms with E-state index in [0.29, 0.717) is 0 Å². The second kappa shape index (κ2) is 10.2. The van der Waals surface area contributed by atoms with Gasteiger partial charge < -0.3 is 0 Å². The molecule has 0 spiro atoms. The summed E-state index contributed by atoms with van der Waals surface area (Å²) in [5.74, 6) is 0. The zero-order valence-electron chi connectivity index (χ0n) is 8.27. The van der Waals surface area contributed by atoms with Crippen molar-refractivity contribution in [2.45, 2.75) is 0 Å². The van der Waals surface area contributed by atoms with E-state index in [2.05, 4.69) is 29.3 Å². The molecule has 0 aliphatic rings. The predicted octanol–water partition coefficient (Wildman–Crippen LogP) is 3.66. The van der Waals surface area contributed by atoms with Crippen LogP contribution in [0.1, 0.15) is 0 Å². The maximum absolute atomic E-state index is 3.58. The Morgan fingerprint density at radius 1 is 0.857 bits per heavy atom. The smallest absolute Gasteiger partial charge is 0.0274 e. The van der Waals surface area contributed by atoms with Gasteiger partial charge in [-0.3, -0.25) is 0 Å². The average molecular weight is 254 g/mol. The summed E-state index contributed by atoms with van der Waals surface area (Å²) in [5.41, 5.74) is 0. The van der Waals surface area contributed by atoms with Gasteiger partial charge in [-0.15, -0.1) is 13.2 Å². The first kappa shape index (κ1) is 13.1. The fraction of sp³-hybridized carbons (Fsp3) is 0.167. The van der Waals surface area contributed by atoms with E-state index >= 15 is 0 Å². The highest BCUT2D eigenvalue weighted by Gasteiger charge is 1.88. The highest BCUT2D eigenvalue weighted by atomic mass is 79.9. The van der Waals surface area contributed by atoms with Crippen LogP contribution in [0.5, 0.6) is 0 Å². The van der Waals surface area contributed by atoms with E-state index in [-0.39, 0.29) is 0 Å². The minimum absolute atomic E-state index is 0.853. The van der Waals surface area contributed by atoms with Gasteiger partial charge in [0.25, 0.3) is 0 Å². The molecule has 0 amide bonds. The first-order valence-corrected chi connectivity index (χ1v) is 5.14. The quantitative estimate of drug-likeness (QED) is 0.585. The van der Waals surface area contributed by atoms with Gasteiger partial charge in [0.05, 0.1) is 0 Å². The van der Waals surface area contributed by atoms with E-state index in [0.717, 1.165) is 13.1 Å². The van der Waals surface area contributed by atoms with E-state index in [1.54, 1.807) is 0 Å². The third-order valence-corrected chi connectivity index (χ3v) is 1.90. The van der Waals surface area contributed by atoms with Gasteiger partial charge in [0.2, 0.25) is 0 Å². The molecule has 0 fully saturated rings. The van der Waals surface area contributed by atoms with Crippen LogP contribution in [0, 0.1) is 0 Å². The second-order valence-electron chi connectivity index (χ2n) is 2.56. The van der Waals surface area contributed by atoms with Crippen LogP contribution in [-0.4, -0.2) is 17.0 Å². The monoisotopic (exact) mass is 253 g/mol. The fourth-order valence-corrected chi connectivity index (χ4v) is 1.15. The molecule has 2 heteroatoms. The van der Waals surface area contributed by atoms with E-state index in [1.807, 2.05) is 52.5 Å². The zero-order valence-corrected chi connectivity index (χ0v) is 9.86. The molecular formula is C12H16BrN. The molecule has 0 unspecified atom stereocenters. The molecule has 0 N–H and O–H groups in total. The molecule has 0 aromatic heterocycles. The standard InChI is InChI=1S/C6H10BrN.C6H6/c1-3-5-8(7)6-4-2;1-2-4-6-5-3-1/h3-4H,1-2,5-6H2;1-6H. The predicted molar refractivity (Wildman–Crippen MR) is 67.3 cm³/mol. The molecule has 0 aliphatic heterocycles. The summed E-state index contributed by atoms with van der Waals surface area (Å²) in [6, 6.07) is 12.0. The SMILES string of the molecule is C=CCN(Br)CC=C.c1ccccc1. The van der Waals surface area contributed by atoms with E-state index < -0.39 is 0 Å². The summed E-state index contributed by atoms with van der Waals surface area (Å²) in [7, 11) is 0. The minimum Gasteiger partial charge on any atom is -0.235 e. The van der Waals surface area contributed by atoms with Crippen LogP contribution in [0.2, 0.25) is 0 Å². The van der Waals surface area contributed by atoms with Crippen molar-refractivity contribution >= 4 is 16.1 Å². The van der Waals surface area contributed by atoms with Gasteiger partial charge in [0.15, 0.2) is 0 Å². The van der Waals surface area contributed by atoms with Crippen molar-refractivity contribution in [3.05, 3.63) is 61.7 Å². The number of hydrogen-bond acceptors (Lipinski definition) is 1. The summed E-state index contributed by atoms with van der Waals surface area (Å²) >= 11 is 3.29. The molecule has 1 nitrogen and oxygen atoms in total. The molecule has 0 radical (unpaired) electrons. The van der Waals surface area contributed by atoms with Crippen molar-refractivity contribution in [3.63, 3.8) is 0 Å². The number of nitrogens with zero attached hydrogens (tertiary/aromatic N) is 1. The average Bonchev–Trinajstić information content (AvgIpc) is 2.22. The van der Waals surface area contributed by atoms with Gasteiger partial charge in [0, 0.05) is 29.2 Å². The molecule has 0 aliphatic carbocycles. The summed E-state index contributed by atoms with van der Waals surface area (Å²) in [6.07, 6.45) is 3.66. The molecule has 1 aromatic rings. The Bertz CT molecular complexity index is 197. The van der Waals surface area contributed by atoms with Crippen LogP contribution in [0.3, 0.4) is 0 Å². The third-order valence-electron chi connectivity index (χ3n) is 1.32. The van der Waals surface area contributed by atoms with Crippen LogP contribution in [0.25, 0.3) is 0 Å². The van der Waals surface area contributed by atoms with E-state index in [9.17, 15) is 0 Å². The molecule has 0 bridgehead atoms. The molecule has 14 heavy (non-hydrogen) atoms. The normalized spacial score (nSPS) is 8.71. The van der Waals surface area contributed by atoms with Crippen molar-refractivity contribution in [1.82, 2.24) is 3.93 Å². The topological polar surface area (TPSA) is 3.24 Å². The molecular weight excluding hydrogens is 238 g/mol. The molecule has 0 heterocycles. The molecule has 0 saturated carbocycles.